The van der Waals surface area contributed by atoms with E-state index in [0.717, 1.165) is 12.2 Å². The van der Waals surface area contributed by atoms with Gasteiger partial charge in [-0.05, 0) is 51.1 Å². The van der Waals surface area contributed by atoms with Gasteiger partial charge in [0, 0.05) is 11.9 Å². The van der Waals surface area contributed by atoms with Gasteiger partial charge in [0.25, 0.3) is 0 Å². The number of nitrogens with zero attached hydrogens (tertiary/aromatic N) is 1. The third kappa shape index (κ3) is 3.36. The zero-order chi connectivity index (χ0) is 13.0. The molecule has 1 atom stereocenters. The summed E-state index contributed by atoms with van der Waals surface area (Å²) in [6, 6.07) is 4.77. The van der Waals surface area contributed by atoms with Gasteiger partial charge in [-0.3, -0.25) is 0 Å². The van der Waals surface area contributed by atoms with Gasteiger partial charge in [-0.25, -0.2) is 0 Å². The van der Waals surface area contributed by atoms with Gasteiger partial charge in [-0.15, -0.1) is 11.6 Å². The molecule has 1 unspecified atom stereocenters. The van der Waals surface area contributed by atoms with E-state index in [1.807, 2.05) is 0 Å². The molecule has 0 radical (unpaired) electrons. The fourth-order valence-corrected chi connectivity index (χ4v) is 2.53. The lowest BCUT2D eigenvalue weighted by Gasteiger charge is -2.25. The molecule has 0 N–H and O–H groups in total. The number of methoxy groups -OCH3 is 1. The summed E-state index contributed by atoms with van der Waals surface area (Å²) in [5.41, 5.74) is 3.68. The summed E-state index contributed by atoms with van der Waals surface area (Å²) >= 11 is 5.88. The fraction of sp³-hybridized carbons (Fsp3) is 0.571. The van der Waals surface area contributed by atoms with E-state index in [0.29, 0.717) is 11.9 Å². The van der Waals surface area contributed by atoms with Crippen LogP contribution < -0.4 is 4.74 Å². The maximum atomic E-state index is 5.88. The number of benzene rings is 1. The number of alkyl halides is 1. The first kappa shape index (κ1) is 14.3. The molecule has 0 saturated carbocycles. The van der Waals surface area contributed by atoms with E-state index in [-0.39, 0.29) is 0 Å². The van der Waals surface area contributed by atoms with Crippen LogP contribution in [0.2, 0.25) is 0 Å². The van der Waals surface area contributed by atoms with Gasteiger partial charge >= 0.3 is 0 Å². The molecular weight excluding hydrogens is 234 g/mol. The molecule has 0 fully saturated rings. The molecule has 0 aliphatic carbocycles. The van der Waals surface area contributed by atoms with Crippen molar-refractivity contribution in [3.8, 4) is 5.75 Å². The quantitative estimate of drug-likeness (QED) is 0.747. The first-order chi connectivity index (χ1) is 8.01. The minimum Gasteiger partial charge on any atom is -0.496 e. The van der Waals surface area contributed by atoms with Crippen molar-refractivity contribution in [3.05, 3.63) is 28.8 Å². The Morgan fingerprint density at radius 1 is 1.24 bits per heavy atom. The van der Waals surface area contributed by atoms with Crippen molar-refractivity contribution < 1.29 is 4.74 Å². The second-order valence-electron chi connectivity index (χ2n) is 4.65. The average Bonchev–Trinajstić information content (AvgIpc) is 2.24. The summed E-state index contributed by atoms with van der Waals surface area (Å²) in [5.74, 6) is 1.66. The summed E-state index contributed by atoms with van der Waals surface area (Å²) in [4.78, 5) is 2.21. The molecule has 0 aliphatic heterocycles. The summed E-state index contributed by atoms with van der Waals surface area (Å²) in [7, 11) is 5.90. The second kappa shape index (κ2) is 6.27. The summed E-state index contributed by atoms with van der Waals surface area (Å²) in [6.07, 6.45) is 0.958. The van der Waals surface area contributed by atoms with E-state index >= 15 is 0 Å². The molecule has 0 saturated heterocycles. The number of hydrogen-bond donors (Lipinski definition) is 0. The van der Waals surface area contributed by atoms with Crippen LogP contribution in [0, 0.1) is 13.8 Å². The molecular formula is C14H22ClNO. The fourth-order valence-electron chi connectivity index (χ4n) is 2.32. The molecule has 0 aliphatic rings. The Hall–Kier alpha value is -0.730. The Balaban J connectivity index is 3.13. The Labute approximate surface area is 110 Å². The van der Waals surface area contributed by atoms with Crippen molar-refractivity contribution in [1.82, 2.24) is 4.90 Å². The van der Waals surface area contributed by atoms with Crippen LogP contribution in [0.15, 0.2) is 12.1 Å². The number of hydrogen-bond acceptors (Lipinski definition) is 2. The summed E-state index contributed by atoms with van der Waals surface area (Å²) < 4.78 is 5.39. The lowest BCUT2D eigenvalue weighted by Crippen LogP contribution is -2.20. The number of rotatable bonds is 5. The van der Waals surface area contributed by atoms with E-state index < -0.39 is 0 Å². The van der Waals surface area contributed by atoms with Crippen molar-refractivity contribution in [1.29, 1.82) is 0 Å². The van der Waals surface area contributed by atoms with Gasteiger partial charge in [0.1, 0.15) is 5.75 Å². The SMILES string of the molecule is COc1c(C)cc(C(CCCl)N(C)C)cc1C. The van der Waals surface area contributed by atoms with Crippen LogP contribution in [0.5, 0.6) is 5.75 Å². The van der Waals surface area contributed by atoms with Crippen LogP contribution >= 0.6 is 11.6 Å². The molecule has 0 heterocycles. The van der Waals surface area contributed by atoms with Crippen molar-refractivity contribution in [3.63, 3.8) is 0 Å². The first-order valence-electron chi connectivity index (χ1n) is 5.88. The van der Waals surface area contributed by atoms with Gasteiger partial charge in [0.05, 0.1) is 7.11 Å². The topological polar surface area (TPSA) is 12.5 Å². The average molecular weight is 256 g/mol. The summed E-state index contributed by atoms with van der Waals surface area (Å²) in [6.45, 7) is 4.17. The number of aryl methyl sites for hydroxylation is 2. The zero-order valence-corrected chi connectivity index (χ0v) is 12.1. The predicted octanol–water partition coefficient (Wildman–Crippen LogP) is 3.54. The molecule has 0 spiro atoms. The second-order valence-corrected chi connectivity index (χ2v) is 5.02. The van der Waals surface area contributed by atoms with E-state index in [1.165, 1.54) is 16.7 Å². The van der Waals surface area contributed by atoms with Crippen molar-refractivity contribution in [2.24, 2.45) is 0 Å². The first-order valence-corrected chi connectivity index (χ1v) is 6.42. The molecule has 1 aromatic carbocycles. The van der Waals surface area contributed by atoms with Gasteiger partial charge in [-0.1, -0.05) is 12.1 Å². The lowest BCUT2D eigenvalue weighted by atomic mass is 9.98. The molecule has 2 nitrogen and oxygen atoms in total. The molecule has 1 aromatic rings. The molecule has 3 heteroatoms. The van der Waals surface area contributed by atoms with E-state index in [4.69, 9.17) is 16.3 Å². The van der Waals surface area contributed by atoms with E-state index in [9.17, 15) is 0 Å². The normalized spacial score (nSPS) is 12.9. The molecule has 96 valence electrons. The van der Waals surface area contributed by atoms with Crippen molar-refractivity contribution in [2.75, 3.05) is 27.1 Å². The number of ether oxygens (including phenoxy) is 1. The van der Waals surface area contributed by atoms with Crippen LogP contribution in [0.3, 0.4) is 0 Å². The van der Waals surface area contributed by atoms with Gasteiger partial charge in [0.15, 0.2) is 0 Å². The van der Waals surface area contributed by atoms with Crippen LogP contribution in [0.1, 0.15) is 29.2 Å². The maximum absolute atomic E-state index is 5.88. The number of halogens is 1. The monoisotopic (exact) mass is 255 g/mol. The van der Waals surface area contributed by atoms with Crippen LogP contribution in [-0.4, -0.2) is 32.0 Å². The van der Waals surface area contributed by atoms with E-state index in [2.05, 4.69) is 45.0 Å². The molecule has 0 bridgehead atoms. The van der Waals surface area contributed by atoms with Crippen LogP contribution in [-0.2, 0) is 0 Å². The Morgan fingerprint density at radius 3 is 2.12 bits per heavy atom. The van der Waals surface area contributed by atoms with Gasteiger partial charge in [-0.2, -0.15) is 0 Å². The Morgan fingerprint density at radius 2 is 1.76 bits per heavy atom. The smallest absolute Gasteiger partial charge is 0.124 e. The highest BCUT2D eigenvalue weighted by molar-refractivity contribution is 6.17. The van der Waals surface area contributed by atoms with Gasteiger partial charge in [0.2, 0.25) is 0 Å². The summed E-state index contributed by atoms with van der Waals surface area (Å²) in [5, 5.41) is 0. The highest BCUT2D eigenvalue weighted by atomic mass is 35.5. The maximum Gasteiger partial charge on any atom is 0.124 e. The third-order valence-corrected chi connectivity index (χ3v) is 3.30. The minimum absolute atomic E-state index is 0.371. The minimum atomic E-state index is 0.371. The van der Waals surface area contributed by atoms with Crippen LogP contribution in [0.4, 0.5) is 0 Å². The van der Waals surface area contributed by atoms with E-state index in [1.54, 1.807) is 7.11 Å². The van der Waals surface area contributed by atoms with Gasteiger partial charge < -0.3 is 9.64 Å². The molecule has 17 heavy (non-hydrogen) atoms. The lowest BCUT2D eigenvalue weighted by molar-refractivity contribution is 0.292. The van der Waals surface area contributed by atoms with Crippen molar-refractivity contribution in [2.45, 2.75) is 26.3 Å². The highest BCUT2D eigenvalue weighted by Gasteiger charge is 2.16. The predicted molar refractivity (Wildman–Crippen MR) is 74.2 cm³/mol. The highest BCUT2D eigenvalue weighted by Crippen LogP contribution is 2.30. The molecule has 0 aromatic heterocycles. The molecule has 1 rings (SSSR count). The standard InChI is InChI=1S/C14H22ClNO/c1-10-8-12(9-11(2)14(10)17-5)13(6-7-15)16(3)4/h8-9,13H,6-7H2,1-5H3. The zero-order valence-electron chi connectivity index (χ0n) is 11.4. The van der Waals surface area contributed by atoms with Crippen molar-refractivity contribution >= 4 is 11.6 Å². The Kier molecular flexibility index (Phi) is 5.29. The third-order valence-electron chi connectivity index (χ3n) is 3.08. The molecule has 0 amide bonds. The Bertz CT molecular complexity index is 353. The van der Waals surface area contributed by atoms with Crippen LogP contribution in [0.25, 0.3) is 0 Å². The largest absolute Gasteiger partial charge is 0.496 e.